The summed E-state index contributed by atoms with van der Waals surface area (Å²) in [7, 11) is 0. The smallest absolute Gasteiger partial charge is 0.328 e. The molecule has 0 aliphatic rings. The molecule has 2 aromatic heterocycles. The summed E-state index contributed by atoms with van der Waals surface area (Å²) in [6.07, 6.45) is 2.55. The Morgan fingerprint density at radius 1 is 1.53 bits per heavy atom. The molecule has 19 heavy (non-hydrogen) atoms. The second-order valence-electron chi connectivity index (χ2n) is 3.58. The van der Waals surface area contributed by atoms with Crippen molar-refractivity contribution < 1.29 is 19.8 Å². The van der Waals surface area contributed by atoms with E-state index in [2.05, 4.69) is 4.98 Å². The van der Waals surface area contributed by atoms with Gasteiger partial charge < -0.3 is 15.5 Å². The van der Waals surface area contributed by atoms with Crippen molar-refractivity contribution in [3.05, 3.63) is 33.7 Å². The third-order valence-corrected chi connectivity index (χ3v) is 3.14. The average molecular weight is 283 g/mol. The number of fused-ring (bicyclic) bond motifs is 1. The number of aliphatic hydroxyl groups excluding tert-OH is 1. The van der Waals surface area contributed by atoms with E-state index in [1.807, 2.05) is 5.32 Å². The van der Waals surface area contributed by atoms with Crippen LogP contribution in [0.25, 0.3) is 4.96 Å². The highest BCUT2D eigenvalue weighted by Gasteiger charge is 2.22. The zero-order valence-corrected chi connectivity index (χ0v) is 10.3. The zero-order valence-electron chi connectivity index (χ0n) is 9.44. The molecule has 100 valence electrons. The number of nitrogens with zero attached hydrogens (tertiary/aromatic N) is 2. The summed E-state index contributed by atoms with van der Waals surface area (Å²) in [5.74, 6) is -2.28. The van der Waals surface area contributed by atoms with E-state index in [4.69, 9.17) is 10.2 Å². The molecule has 1 amide bonds. The van der Waals surface area contributed by atoms with Gasteiger partial charge >= 0.3 is 5.97 Å². The molecule has 0 aliphatic carbocycles. The second kappa shape index (κ2) is 5.16. The number of carboxylic acid groups (broad SMARTS) is 1. The van der Waals surface area contributed by atoms with Gasteiger partial charge in [-0.2, -0.15) is 0 Å². The molecule has 0 aliphatic heterocycles. The largest absolute Gasteiger partial charge is 0.480 e. The molecular formula is C10H9N3O5S. The minimum absolute atomic E-state index is 0.282. The van der Waals surface area contributed by atoms with Crippen molar-refractivity contribution in [3.63, 3.8) is 0 Å². The minimum Gasteiger partial charge on any atom is -0.480 e. The molecule has 1 atom stereocenters. The fraction of sp³-hybridized carbons (Fsp3) is 0.200. The van der Waals surface area contributed by atoms with Gasteiger partial charge in [-0.3, -0.25) is 14.0 Å². The van der Waals surface area contributed by atoms with Crippen molar-refractivity contribution in [3.8, 4) is 0 Å². The number of hydrogen-bond acceptors (Lipinski definition) is 6. The molecule has 0 fully saturated rings. The maximum atomic E-state index is 11.9. The lowest BCUT2D eigenvalue weighted by molar-refractivity contribution is -0.140. The van der Waals surface area contributed by atoms with Crippen LogP contribution in [0.3, 0.4) is 0 Å². The number of hydrogen-bond donors (Lipinski definition) is 3. The van der Waals surface area contributed by atoms with Gasteiger partial charge in [0.15, 0.2) is 11.0 Å². The third kappa shape index (κ3) is 2.46. The SMILES string of the molecule is O=C(N[C@H](CO)C(=O)O)c1cnc2sccn2c1=O. The number of rotatable bonds is 4. The average Bonchev–Trinajstić information content (AvgIpc) is 2.84. The number of aliphatic carboxylic acids is 1. The van der Waals surface area contributed by atoms with Crippen LogP contribution in [0.15, 0.2) is 22.6 Å². The Balaban J connectivity index is 2.34. The summed E-state index contributed by atoms with van der Waals surface area (Å²) in [5.41, 5.74) is -0.874. The van der Waals surface area contributed by atoms with E-state index in [9.17, 15) is 14.4 Å². The fourth-order valence-electron chi connectivity index (χ4n) is 1.40. The second-order valence-corrected chi connectivity index (χ2v) is 4.45. The molecule has 2 heterocycles. The van der Waals surface area contributed by atoms with Gasteiger partial charge in [-0.25, -0.2) is 9.78 Å². The molecule has 0 saturated carbocycles. The van der Waals surface area contributed by atoms with Crippen molar-refractivity contribution in [2.45, 2.75) is 6.04 Å². The summed E-state index contributed by atoms with van der Waals surface area (Å²) in [4.78, 5) is 38.7. The number of aliphatic hydroxyl groups is 1. The molecule has 0 radical (unpaired) electrons. The lowest BCUT2D eigenvalue weighted by Gasteiger charge is -2.10. The zero-order chi connectivity index (χ0) is 14.0. The summed E-state index contributed by atoms with van der Waals surface area (Å²) in [6, 6.07) is -1.46. The standard InChI is InChI=1S/C10H9N3O5S/c14-4-6(9(17)18)12-7(15)5-3-11-10-13(8(5)16)1-2-19-10/h1-3,6,14H,4H2,(H,12,15)(H,17,18)/t6-/m1/s1. The Bertz CT molecular complexity index is 692. The number of carboxylic acids is 1. The molecule has 0 unspecified atom stereocenters. The predicted octanol–water partition coefficient (Wildman–Crippen LogP) is -1.07. The molecule has 9 heteroatoms. The predicted molar refractivity (Wildman–Crippen MR) is 65.3 cm³/mol. The first kappa shape index (κ1) is 13.2. The van der Waals surface area contributed by atoms with E-state index >= 15 is 0 Å². The van der Waals surface area contributed by atoms with Gasteiger partial charge in [0.05, 0.1) is 6.61 Å². The normalized spacial score (nSPS) is 12.3. The van der Waals surface area contributed by atoms with Crippen LogP contribution in [0.1, 0.15) is 10.4 Å². The Morgan fingerprint density at radius 3 is 2.89 bits per heavy atom. The van der Waals surface area contributed by atoms with Gasteiger partial charge in [-0.1, -0.05) is 0 Å². The van der Waals surface area contributed by atoms with E-state index in [0.29, 0.717) is 4.96 Å². The van der Waals surface area contributed by atoms with Crippen molar-refractivity contribution >= 4 is 28.2 Å². The van der Waals surface area contributed by atoms with Crippen LogP contribution >= 0.6 is 11.3 Å². The molecule has 2 rings (SSSR count). The van der Waals surface area contributed by atoms with Crippen molar-refractivity contribution in [1.82, 2.24) is 14.7 Å². The van der Waals surface area contributed by atoms with Crippen LogP contribution in [0.2, 0.25) is 0 Å². The molecule has 2 aromatic rings. The summed E-state index contributed by atoms with van der Waals surface area (Å²) in [6.45, 7) is -0.767. The van der Waals surface area contributed by atoms with E-state index in [0.717, 1.165) is 6.20 Å². The molecule has 0 bridgehead atoms. The molecule has 3 N–H and O–H groups in total. The van der Waals surface area contributed by atoms with Gasteiger partial charge in [0, 0.05) is 17.8 Å². The van der Waals surface area contributed by atoms with Crippen LogP contribution in [0.4, 0.5) is 0 Å². The van der Waals surface area contributed by atoms with Gasteiger partial charge in [0.1, 0.15) is 5.56 Å². The van der Waals surface area contributed by atoms with Gasteiger partial charge in [0.25, 0.3) is 11.5 Å². The summed E-state index contributed by atoms with van der Waals surface area (Å²) >= 11 is 1.23. The highest BCUT2D eigenvalue weighted by molar-refractivity contribution is 7.15. The first-order chi connectivity index (χ1) is 9.04. The van der Waals surface area contributed by atoms with E-state index < -0.39 is 30.1 Å². The number of aromatic nitrogens is 2. The summed E-state index contributed by atoms with van der Waals surface area (Å²) < 4.78 is 1.19. The maximum Gasteiger partial charge on any atom is 0.328 e. The van der Waals surface area contributed by atoms with Crippen LogP contribution in [-0.4, -0.2) is 44.1 Å². The lowest BCUT2D eigenvalue weighted by atomic mass is 10.2. The monoisotopic (exact) mass is 283 g/mol. The quantitative estimate of drug-likeness (QED) is 0.657. The molecule has 0 spiro atoms. The fourth-order valence-corrected chi connectivity index (χ4v) is 2.08. The van der Waals surface area contributed by atoms with Crippen LogP contribution in [-0.2, 0) is 4.79 Å². The van der Waals surface area contributed by atoms with Crippen LogP contribution < -0.4 is 10.9 Å². The number of nitrogens with one attached hydrogen (secondary N) is 1. The highest BCUT2D eigenvalue weighted by atomic mass is 32.1. The first-order valence-corrected chi connectivity index (χ1v) is 6.02. The van der Waals surface area contributed by atoms with E-state index in [1.54, 1.807) is 5.38 Å². The molecule has 0 aromatic carbocycles. The summed E-state index contributed by atoms with van der Waals surface area (Å²) in [5, 5.41) is 21.2. The Labute approximate surface area is 110 Å². The molecule has 0 saturated heterocycles. The van der Waals surface area contributed by atoms with Gasteiger partial charge in [-0.15, -0.1) is 11.3 Å². The topological polar surface area (TPSA) is 121 Å². The van der Waals surface area contributed by atoms with Crippen molar-refractivity contribution in [2.75, 3.05) is 6.61 Å². The Kier molecular flexibility index (Phi) is 3.58. The van der Waals surface area contributed by atoms with Crippen molar-refractivity contribution in [2.24, 2.45) is 0 Å². The lowest BCUT2D eigenvalue weighted by Crippen LogP contribution is -2.45. The highest BCUT2D eigenvalue weighted by Crippen LogP contribution is 2.05. The number of carbonyl (C=O) groups is 2. The molecule has 8 nitrogen and oxygen atoms in total. The van der Waals surface area contributed by atoms with Crippen molar-refractivity contribution in [1.29, 1.82) is 0 Å². The van der Waals surface area contributed by atoms with Gasteiger partial charge in [0.2, 0.25) is 0 Å². The van der Waals surface area contributed by atoms with E-state index in [-0.39, 0.29) is 5.56 Å². The third-order valence-electron chi connectivity index (χ3n) is 2.37. The first-order valence-electron chi connectivity index (χ1n) is 5.14. The Hall–Kier alpha value is -2.26. The minimum atomic E-state index is -1.46. The van der Waals surface area contributed by atoms with Crippen LogP contribution in [0, 0.1) is 0 Å². The number of amides is 1. The number of thiazole rings is 1. The number of carbonyl (C=O) groups excluding carboxylic acids is 1. The maximum absolute atomic E-state index is 11.9. The molecular weight excluding hydrogens is 274 g/mol. The Morgan fingerprint density at radius 2 is 2.26 bits per heavy atom. The van der Waals surface area contributed by atoms with Gasteiger partial charge in [-0.05, 0) is 0 Å². The van der Waals surface area contributed by atoms with Crippen LogP contribution in [0.5, 0.6) is 0 Å². The van der Waals surface area contributed by atoms with E-state index in [1.165, 1.54) is 21.9 Å².